The molecule has 10 heteroatoms. The van der Waals surface area contributed by atoms with Gasteiger partial charge in [-0.2, -0.15) is 0 Å². The van der Waals surface area contributed by atoms with Crippen LogP contribution in [0, 0.1) is 13.8 Å². The number of aromatic nitrogens is 4. The van der Waals surface area contributed by atoms with Gasteiger partial charge in [-0.05, 0) is 44.5 Å². The number of nitrogens with zero attached hydrogens (tertiary/aromatic N) is 4. The largest absolute Gasteiger partial charge is 0.494 e. The van der Waals surface area contributed by atoms with E-state index in [1.807, 2.05) is 17.7 Å². The van der Waals surface area contributed by atoms with Crippen LogP contribution in [-0.4, -0.2) is 47.6 Å². The number of anilines is 1. The highest BCUT2D eigenvalue weighted by Crippen LogP contribution is 2.16. The number of imidazole rings is 1. The van der Waals surface area contributed by atoms with Gasteiger partial charge in [0.1, 0.15) is 29.0 Å². The minimum absolute atomic E-state index is 0.200. The first-order valence-corrected chi connectivity index (χ1v) is 11.7. The molecule has 0 radical (unpaired) electrons. The zero-order chi connectivity index (χ0) is 22.3. The maximum absolute atomic E-state index is 12.5. The zero-order valence-corrected chi connectivity index (χ0v) is 18.8. The fourth-order valence-corrected chi connectivity index (χ4v) is 3.93. The summed E-state index contributed by atoms with van der Waals surface area (Å²) < 4.78 is 35.0. The summed E-state index contributed by atoms with van der Waals surface area (Å²) in [5, 5.41) is 3.14. The third kappa shape index (κ3) is 6.25. The van der Waals surface area contributed by atoms with Crippen molar-refractivity contribution in [2.45, 2.75) is 38.5 Å². The Hall–Kier alpha value is -2.98. The predicted molar refractivity (Wildman–Crippen MR) is 119 cm³/mol. The molecule has 0 spiro atoms. The average Bonchev–Trinajstić information content (AvgIpc) is 3.17. The molecule has 0 amide bonds. The van der Waals surface area contributed by atoms with Crippen molar-refractivity contribution in [3.8, 4) is 11.6 Å². The Balaban J connectivity index is 1.54. The molecule has 2 N–H and O–H groups in total. The van der Waals surface area contributed by atoms with Crippen molar-refractivity contribution in [3.05, 3.63) is 54.4 Å². The van der Waals surface area contributed by atoms with Crippen LogP contribution in [0.1, 0.15) is 31.4 Å². The first-order chi connectivity index (χ1) is 14.9. The second-order valence-electron chi connectivity index (χ2n) is 7.00. The smallest absolute Gasteiger partial charge is 0.240 e. The van der Waals surface area contributed by atoms with Gasteiger partial charge >= 0.3 is 0 Å². The number of ether oxygens (including phenoxy) is 1. The highest BCUT2D eigenvalue weighted by Gasteiger charge is 2.13. The highest BCUT2D eigenvalue weighted by molar-refractivity contribution is 7.89. The number of benzene rings is 1. The summed E-state index contributed by atoms with van der Waals surface area (Å²) in [6.07, 6.45) is 5.54. The molecule has 0 aliphatic rings. The number of rotatable bonds is 11. The van der Waals surface area contributed by atoms with Crippen LogP contribution in [0.15, 0.2) is 47.6 Å². The number of unbranched alkanes of at least 4 members (excludes halogenated alkanes) is 1. The third-order valence-electron chi connectivity index (χ3n) is 4.52. The molecule has 0 aliphatic heterocycles. The van der Waals surface area contributed by atoms with Crippen LogP contribution in [0.2, 0.25) is 0 Å². The molecule has 1 aromatic carbocycles. The van der Waals surface area contributed by atoms with Gasteiger partial charge in [0, 0.05) is 31.5 Å². The number of nitrogens with one attached hydrogen (secondary N) is 2. The van der Waals surface area contributed by atoms with Crippen molar-refractivity contribution < 1.29 is 13.2 Å². The lowest BCUT2D eigenvalue weighted by atomic mass is 10.3. The van der Waals surface area contributed by atoms with Crippen LogP contribution >= 0.6 is 0 Å². The number of sulfonamides is 1. The van der Waals surface area contributed by atoms with Crippen molar-refractivity contribution in [1.29, 1.82) is 0 Å². The SMILES string of the molecule is CCCCOc1ccc(S(=O)(=O)NCCNc2cc(-n3ccnc3C)nc(C)n2)cc1. The molecule has 2 heterocycles. The number of hydrogen-bond acceptors (Lipinski definition) is 7. The maximum Gasteiger partial charge on any atom is 0.240 e. The van der Waals surface area contributed by atoms with Crippen molar-refractivity contribution in [3.63, 3.8) is 0 Å². The van der Waals surface area contributed by atoms with E-state index in [4.69, 9.17) is 4.74 Å². The Morgan fingerprint density at radius 2 is 1.87 bits per heavy atom. The molecule has 0 bridgehead atoms. The standard InChI is InChI=1S/C21H28N6O3S/c1-4-5-14-30-18-6-8-19(9-7-18)31(28,29)24-11-10-23-20-15-21(26-16(2)25-20)27-13-12-22-17(27)3/h6-9,12-13,15,24H,4-5,10-11,14H2,1-3H3,(H,23,25,26). The molecule has 0 unspecified atom stereocenters. The third-order valence-corrected chi connectivity index (χ3v) is 6.00. The first-order valence-electron chi connectivity index (χ1n) is 10.2. The van der Waals surface area contributed by atoms with E-state index in [9.17, 15) is 8.42 Å². The summed E-state index contributed by atoms with van der Waals surface area (Å²) in [5.41, 5.74) is 0. The lowest BCUT2D eigenvalue weighted by Gasteiger charge is -2.11. The average molecular weight is 445 g/mol. The molecule has 31 heavy (non-hydrogen) atoms. The Bertz CT molecular complexity index is 1100. The Morgan fingerprint density at radius 3 is 2.55 bits per heavy atom. The molecular weight excluding hydrogens is 416 g/mol. The predicted octanol–water partition coefficient (Wildman–Crippen LogP) is 2.85. The molecule has 3 rings (SSSR count). The highest BCUT2D eigenvalue weighted by atomic mass is 32.2. The lowest BCUT2D eigenvalue weighted by Crippen LogP contribution is -2.29. The lowest BCUT2D eigenvalue weighted by molar-refractivity contribution is 0.309. The van der Waals surface area contributed by atoms with Gasteiger partial charge in [0.15, 0.2) is 0 Å². The van der Waals surface area contributed by atoms with Crippen LogP contribution in [-0.2, 0) is 10.0 Å². The van der Waals surface area contributed by atoms with Crippen LogP contribution in [0.25, 0.3) is 5.82 Å². The van der Waals surface area contributed by atoms with Gasteiger partial charge in [-0.3, -0.25) is 4.57 Å². The van der Waals surface area contributed by atoms with Gasteiger partial charge in [-0.1, -0.05) is 13.3 Å². The van der Waals surface area contributed by atoms with Crippen LogP contribution in [0.4, 0.5) is 5.82 Å². The molecule has 2 aromatic heterocycles. The van der Waals surface area contributed by atoms with Gasteiger partial charge in [-0.15, -0.1) is 0 Å². The summed E-state index contributed by atoms with van der Waals surface area (Å²) in [4.78, 5) is 13.2. The van der Waals surface area contributed by atoms with E-state index in [2.05, 4.69) is 31.9 Å². The van der Waals surface area contributed by atoms with E-state index in [1.54, 1.807) is 43.5 Å². The number of aryl methyl sites for hydroxylation is 2. The van der Waals surface area contributed by atoms with Gasteiger partial charge in [0.05, 0.1) is 11.5 Å². The second-order valence-corrected chi connectivity index (χ2v) is 8.77. The Labute approximate surface area is 183 Å². The van der Waals surface area contributed by atoms with E-state index in [1.165, 1.54) is 0 Å². The van der Waals surface area contributed by atoms with E-state index in [-0.39, 0.29) is 11.4 Å². The van der Waals surface area contributed by atoms with E-state index < -0.39 is 10.0 Å². The first kappa shape index (κ1) is 22.7. The molecule has 166 valence electrons. The molecular formula is C21H28N6O3S. The monoisotopic (exact) mass is 444 g/mol. The summed E-state index contributed by atoms with van der Waals surface area (Å²) in [6.45, 7) is 6.99. The van der Waals surface area contributed by atoms with Crippen molar-refractivity contribution >= 4 is 15.8 Å². The number of hydrogen-bond donors (Lipinski definition) is 2. The normalized spacial score (nSPS) is 11.5. The zero-order valence-electron chi connectivity index (χ0n) is 18.0. The fraction of sp³-hybridized carbons (Fsp3) is 0.381. The fourth-order valence-electron chi connectivity index (χ4n) is 2.89. The van der Waals surface area contributed by atoms with E-state index in [0.29, 0.717) is 36.4 Å². The molecule has 0 atom stereocenters. The van der Waals surface area contributed by atoms with Gasteiger partial charge in [-0.25, -0.2) is 28.1 Å². The summed E-state index contributed by atoms with van der Waals surface area (Å²) in [7, 11) is -3.60. The molecule has 0 saturated carbocycles. The topological polar surface area (TPSA) is 111 Å². The van der Waals surface area contributed by atoms with Gasteiger partial charge < -0.3 is 10.1 Å². The van der Waals surface area contributed by atoms with Crippen molar-refractivity contribution in [2.75, 3.05) is 25.0 Å². The molecule has 9 nitrogen and oxygen atoms in total. The quantitative estimate of drug-likeness (QED) is 0.438. The summed E-state index contributed by atoms with van der Waals surface area (Å²) in [6, 6.07) is 8.24. The summed E-state index contributed by atoms with van der Waals surface area (Å²) in [5.74, 6) is 3.40. The van der Waals surface area contributed by atoms with Gasteiger partial charge in [0.2, 0.25) is 10.0 Å². The molecule has 3 aromatic rings. The maximum atomic E-state index is 12.5. The van der Waals surface area contributed by atoms with Crippen LogP contribution in [0.5, 0.6) is 5.75 Å². The van der Waals surface area contributed by atoms with E-state index >= 15 is 0 Å². The molecule has 0 saturated heterocycles. The van der Waals surface area contributed by atoms with Crippen LogP contribution in [0.3, 0.4) is 0 Å². The van der Waals surface area contributed by atoms with Crippen molar-refractivity contribution in [1.82, 2.24) is 24.2 Å². The Morgan fingerprint density at radius 1 is 1.10 bits per heavy atom. The van der Waals surface area contributed by atoms with Crippen molar-refractivity contribution in [2.24, 2.45) is 0 Å². The minimum atomic E-state index is -3.60. The van der Waals surface area contributed by atoms with E-state index in [0.717, 1.165) is 18.7 Å². The Kier molecular flexibility index (Phi) is 7.59. The molecule has 0 aliphatic carbocycles. The minimum Gasteiger partial charge on any atom is -0.494 e. The van der Waals surface area contributed by atoms with Gasteiger partial charge in [0.25, 0.3) is 0 Å². The molecule has 0 fully saturated rings. The second kappa shape index (κ2) is 10.4. The summed E-state index contributed by atoms with van der Waals surface area (Å²) >= 11 is 0. The van der Waals surface area contributed by atoms with Crippen LogP contribution < -0.4 is 14.8 Å².